The van der Waals surface area contributed by atoms with E-state index < -0.39 is 13.3 Å². The van der Waals surface area contributed by atoms with E-state index in [-0.39, 0.29) is 0 Å². The summed E-state index contributed by atoms with van der Waals surface area (Å²) >= 11 is 0. The van der Waals surface area contributed by atoms with Crippen LogP contribution >= 0.6 is 7.92 Å². The maximum Gasteiger partial charge on any atom is 0.160 e. The molecule has 76 heavy (non-hydrogen) atoms. The van der Waals surface area contributed by atoms with E-state index in [1.807, 2.05) is 6.07 Å². The summed E-state index contributed by atoms with van der Waals surface area (Å²) in [5, 5.41) is 7.18. The van der Waals surface area contributed by atoms with Gasteiger partial charge in [-0.3, -0.25) is 0 Å². The third kappa shape index (κ3) is 7.04. The van der Waals surface area contributed by atoms with Gasteiger partial charge in [-0.15, -0.1) is 0 Å². The molecule has 0 N–H and O–H groups in total. The lowest BCUT2D eigenvalue weighted by molar-refractivity contribution is 0.795. The summed E-state index contributed by atoms with van der Waals surface area (Å²) in [4.78, 5) is 16.6. The molecular weight excluding hydrogens is 938 g/mol. The van der Waals surface area contributed by atoms with Gasteiger partial charge in [0.25, 0.3) is 0 Å². The second kappa shape index (κ2) is 17.9. The number of aromatic nitrogens is 3. The predicted molar refractivity (Wildman–Crippen MR) is 317 cm³/mol. The zero-order valence-corrected chi connectivity index (χ0v) is 42.2. The zero-order valence-electron chi connectivity index (χ0n) is 41.3. The molecule has 0 bridgehead atoms. The fraction of sp³-hybridized carbons (Fsp3) is 0.0139. The van der Waals surface area contributed by atoms with E-state index in [1.165, 1.54) is 71.4 Å². The molecule has 0 radical (unpaired) electrons. The molecule has 11 aromatic carbocycles. The van der Waals surface area contributed by atoms with Gasteiger partial charge in [0.2, 0.25) is 0 Å². The zero-order chi connectivity index (χ0) is 50.2. The normalized spacial score (nSPS) is 12.7. The van der Waals surface area contributed by atoms with Gasteiger partial charge in [0, 0.05) is 33.0 Å². The summed E-state index contributed by atoms with van der Waals surface area (Å²) < 4.78 is 0. The average Bonchev–Trinajstić information content (AvgIpc) is 4.19. The van der Waals surface area contributed by atoms with E-state index in [2.05, 4.69) is 273 Å². The van der Waals surface area contributed by atoms with Crippen LogP contribution in [0.3, 0.4) is 0 Å². The fourth-order valence-corrected chi connectivity index (χ4v) is 14.7. The molecule has 15 rings (SSSR count). The number of rotatable bonds is 8. The maximum absolute atomic E-state index is 5.77. The van der Waals surface area contributed by atoms with Gasteiger partial charge >= 0.3 is 0 Å². The molecule has 0 unspecified atom stereocenters. The molecule has 4 heteroatoms. The molecule has 0 saturated heterocycles. The molecular formula is C72H46N3P. The molecule has 0 amide bonds. The smallest absolute Gasteiger partial charge is 0.160 e. The van der Waals surface area contributed by atoms with Crippen molar-refractivity contribution in [2.24, 2.45) is 0 Å². The van der Waals surface area contributed by atoms with Gasteiger partial charge < -0.3 is 0 Å². The Hall–Kier alpha value is -9.40. The van der Waals surface area contributed by atoms with E-state index in [0.29, 0.717) is 5.82 Å². The van der Waals surface area contributed by atoms with Crippen molar-refractivity contribution >= 4 is 45.5 Å². The van der Waals surface area contributed by atoms with Gasteiger partial charge in [0.1, 0.15) is 0 Å². The molecule has 13 aromatic rings. The Morgan fingerprint density at radius 2 is 0.737 bits per heavy atom. The number of fused-ring (bicyclic) bond motifs is 13. The van der Waals surface area contributed by atoms with Crippen LogP contribution in [0.5, 0.6) is 0 Å². The SMILES string of the molecule is c1ccc(-c2ccc(-c3cc(-c4cc(-c5nc6ccccc6c6cc7c(cc56)C5(c6ccccc6-c6ccccc65)c5ccccc5-7)cc(P(c5ccccc5)c5ccccc5)c4)nc(-c4ccccc4)n3)cc2)cc1. The van der Waals surface area contributed by atoms with Crippen molar-refractivity contribution in [2.45, 2.75) is 5.41 Å². The van der Waals surface area contributed by atoms with Crippen molar-refractivity contribution in [3.05, 3.63) is 301 Å². The molecule has 354 valence electrons. The summed E-state index contributed by atoms with van der Waals surface area (Å²) in [6.45, 7) is 0. The Morgan fingerprint density at radius 3 is 1.36 bits per heavy atom. The van der Waals surface area contributed by atoms with E-state index in [4.69, 9.17) is 15.0 Å². The van der Waals surface area contributed by atoms with Crippen LogP contribution in [0.4, 0.5) is 0 Å². The van der Waals surface area contributed by atoms with Crippen LogP contribution in [-0.4, -0.2) is 15.0 Å². The highest BCUT2D eigenvalue weighted by atomic mass is 31.1. The summed E-state index contributed by atoms with van der Waals surface area (Å²) in [7, 11) is -1.04. The van der Waals surface area contributed by atoms with Crippen LogP contribution in [0.25, 0.3) is 100 Å². The van der Waals surface area contributed by atoms with E-state index in [0.717, 1.165) is 61.2 Å². The van der Waals surface area contributed by atoms with Crippen LogP contribution in [-0.2, 0) is 5.41 Å². The lowest BCUT2D eigenvalue weighted by atomic mass is 9.70. The van der Waals surface area contributed by atoms with E-state index >= 15 is 0 Å². The molecule has 2 aliphatic carbocycles. The summed E-state index contributed by atoms with van der Waals surface area (Å²) in [6, 6.07) is 102. The van der Waals surface area contributed by atoms with Crippen LogP contribution in [0.2, 0.25) is 0 Å². The first-order valence-electron chi connectivity index (χ1n) is 26.0. The van der Waals surface area contributed by atoms with Crippen molar-refractivity contribution in [1.82, 2.24) is 15.0 Å². The molecule has 0 fully saturated rings. The third-order valence-electron chi connectivity index (χ3n) is 15.6. The Bertz CT molecular complexity index is 4300. The summed E-state index contributed by atoms with van der Waals surface area (Å²) in [5.41, 5.74) is 19.8. The van der Waals surface area contributed by atoms with Gasteiger partial charge in [-0.05, 0) is 127 Å². The van der Waals surface area contributed by atoms with Crippen molar-refractivity contribution in [1.29, 1.82) is 0 Å². The average molecular weight is 984 g/mol. The Kier molecular flexibility index (Phi) is 10.4. The van der Waals surface area contributed by atoms with Crippen LogP contribution in [0.1, 0.15) is 22.3 Å². The number of benzene rings is 11. The van der Waals surface area contributed by atoms with Gasteiger partial charge in [-0.1, -0.05) is 237 Å². The van der Waals surface area contributed by atoms with Crippen molar-refractivity contribution < 1.29 is 0 Å². The quantitative estimate of drug-likeness (QED) is 0.112. The Labute approximate surface area is 443 Å². The lowest BCUT2D eigenvalue weighted by Gasteiger charge is -2.30. The number of hydrogen-bond acceptors (Lipinski definition) is 3. The molecule has 0 aliphatic heterocycles. The predicted octanol–water partition coefficient (Wildman–Crippen LogP) is 16.6. The number of nitrogens with zero attached hydrogens (tertiary/aromatic N) is 3. The molecule has 2 aliphatic rings. The topological polar surface area (TPSA) is 38.7 Å². The van der Waals surface area contributed by atoms with E-state index in [1.54, 1.807) is 0 Å². The first-order valence-corrected chi connectivity index (χ1v) is 27.3. The monoisotopic (exact) mass is 983 g/mol. The minimum absolute atomic E-state index is 0.511. The van der Waals surface area contributed by atoms with Crippen LogP contribution in [0.15, 0.2) is 279 Å². The number of para-hydroxylation sites is 1. The second-order valence-corrected chi connectivity index (χ2v) is 22.1. The molecule has 2 heterocycles. The number of hydrogen-bond donors (Lipinski definition) is 0. The van der Waals surface area contributed by atoms with Crippen molar-refractivity contribution in [2.75, 3.05) is 0 Å². The van der Waals surface area contributed by atoms with Gasteiger partial charge in [-0.25, -0.2) is 15.0 Å². The van der Waals surface area contributed by atoms with Crippen molar-refractivity contribution in [3.63, 3.8) is 0 Å². The van der Waals surface area contributed by atoms with Gasteiger partial charge in [0.05, 0.1) is 28.0 Å². The van der Waals surface area contributed by atoms with Crippen molar-refractivity contribution in [3.8, 4) is 78.5 Å². The minimum Gasteiger partial charge on any atom is -0.247 e. The van der Waals surface area contributed by atoms with Gasteiger partial charge in [-0.2, -0.15) is 0 Å². The highest BCUT2D eigenvalue weighted by Crippen LogP contribution is 2.63. The first kappa shape index (κ1) is 44.1. The molecule has 3 nitrogen and oxygen atoms in total. The molecule has 1 spiro atoms. The number of pyridine rings is 1. The summed E-state index contributed by atoms with van der Waals surface area (Å²) in [5.74, 6) is 0.674. The largest absolute Gasteiger partial charge is 0.247 e. The summed E-state index contributed by atoms with van der Waals surface area (Å²) in [6.07, 6.45) is 0. The Morgan fingerprint density at radius 1 is 0.263 bits per heavy atom. The van der Waals surface area contributed by atoms with E-state index in [9.17, 15) is 0 Å². The minimum atomic E-state index is -1.04. The third-order valence-corrected chi connectivity index (χ3v) is 18.0. The first-order chi connectivity index (χ1) is 37.7. The molecule has 0 saturated carbocycles. The highest BCUT2D eigenvalue weighted by Gasteiger charge is 2.51. The fourth-order valence-electron chi connectivity index (χ4n) is 12.3. The van der Waals surface area contributed by atoms with Crippen LogP contribution < -0.4 is 15.9 Å². The van der Waals surface area contributed by atoms with Crippen LogP contribution in [0, 0.1) is 0 Å². The molecule has 2 aromatic heterocycles. The Balaban J connectivity index is 1.02. The molecule has 0 atom stereocenters. The maximum atomic E-state index is 5.77. The lowest BCUT2D eigenvalue weighted by Crippen LogP contribution is -2.25. The van der Waals surface area contributed by atoms with Gasteiger partial charge in [0.15, 0.2) is 5.82 Å². The second-order valence-electron chi connectivity index (χ2n) is 19.9. The highest BCUT2D eigenvalue weighted by molar-refractivity contribution is 7.79. The standard InChI is InChI=1S/C72H46N3P/c1-5-21-47(22-6-1)48-37-39-49(40-38-48)68-46-69(75-71(74-68)50-23-7-2-8-24-50)51-41-52(43-55(42-51)76(53-25-9-3-10-26-53)54-27-11-4-12-28-54)70-62-45-66-61(44-60(62)59-32-16-20-36-67(59)73-70)58-31-15-19-35-65(58)72(66)63-33-17-13-29-56(63)57-30-14-18-34-64(57)72/h1-46H.